The first kappa shape index (κ1) is 6.67. The lowest BCUT2D eigenvalue weighted by molar-refractivity contribution is -0.385. The maximum atomic E-state index is 10.1. The van der Waals surface area contributed by atoms with Gasteiger partial charge in [0, 0.05) is 24.0 Å². The fourth-order valence-electron chi connectivity index (χ4n) is 0.579. The summed E-state index contributed by atoms with van der Waals surface area (Å²) in [6.07, 6.45) is 1.36. The second-order valence-electron chi connectivity index (χ2n) is 1.76. The fourth-order valence-corrected chi connectivity index (χ4v) is 0.579. The molecule has 1 rings (SSSR count). The van der Waals surface area contributed by atoms with Crippen LogP contribution < -0.4 is 0 Å². The van der Waals surface area contributed by atoms with Gasteiger partial charge in [-0.05, 0) is 6.92 Å². The van der Waals surface area contributed by atoms with Crippen molar-refractivity contribution >= 4 is 5.69 Å². The molecule has 10 heavy (non-hydrogen) atoms. The van der Waals surface area contributed by atoms with Crippen LogP contribution >= 0.6 is 0 Å². The minimum absolute atomic E-state index is 0.0278. The molecule has 0 aromatic carbocycles. The van der Waals surface area contributed by atoms with E-state index < -0.39 is 4.92 Å². The molecule has 1 aromatic rings. The monoisotopic (exact) mass is 137 g/mol. The summed E-state index contributed by atoms with van der Waals surface area (Å²) in [6, 6.07) is 2.65. The van der Waals surface area contributed by atoms with Crippen molar-refractivity contribution in [1.29, 1.82) is 0 Å². The van der Waals surface area contributed by atoms with E-state index in [2.05, 4.69) is 11.9 Å². The summed E-state index contributed by atoms with van der Waals surface area (Å²) in [5, 5.41) is 10.1. The van der Waals surface area contributed by atoms with E-state index in [-0.39, 0.29) is 5.69 Å². The molecular formula is C6H5N2O2. The van der Waals surface area contributed by atoms with Crippen molar-refractivity contribution < 1.29 is 4.92 Å². The molecule has 0 aliphatic heterocycles. The maximum absolute atomic E-state index is 10.1. The zero-order valence-corrected chi connectivity index (χ0v) is 5.15. The second-order valence-corrected chi connectivity index (χ2v) is 1.76. The Labute approximate surface area is 57.7 Å². The molecule has 0 aliphatic carbocycles. The lowest BCUT2D eigenvalue weighted by atomic mass is 10.3. The number of hydrogen-bond donors (Lipinski definition) is 0. The topological polar surface area (TPSA) is 56.0 Å². The highest BCUT2D eigenvalue weighted by molar-refractivity contribution is 5.30. The Morgan fingerprint density at radius 3 is 2.80 bits per heavy atom. The third-order valence-corrected chi connectivity index (χ3v) is 1.01. The van der Waals surface area contributed by atoms with Crippen LogP contribution in [0.15, 0.2) is 18.3 Å². The molecule has 51 valence electrons. The van der Waals surface area contributed by atoms with Crippen LogP contribution in [0.1, 0.15) is 5.69 Å². The molecule has 0 bridgehead atoms. The van der Waals surface area contributed by atoms with Crippen molar-refractivity contribution in [1.82, 2.24) is 4.98 Å². The third kappa shape index (κ3) is 1.28. The summed E-state index contributed by atoms with van der Waals surface area (Å²) in [4.78, 5) is 13.3. The first-order valence-electron chi connectivity index (χ1n) is 2.62. The third-order valence-electron chi connectivity index (χ3n) is 1.01. The Morgan fingerprint density at radius 2 is 2.40 bits per heavy atom. The van der Waals surface area contributed by atoms with E-state index in [0.29, 0.717) is 5.69 Å². The first-order valence-corrected chi connectivity index (χ1v) is 2.62. The zero-order valence-electron chi connectivity index (χ0n) is 5.15. The summed E-state index contributed by atoms with van der Waals surface area (Å²) in [7, 11) is 0. The average Bonchev–Trinajstić information content (AvgIpc) is 1.88. The second kappa shape index (κ2) is 2.43. The Balaban J connectivity index is 3.07. The van der Waals surface area contributed by atoms with Gasteiger partial charge < -0.3 is 0 Å². The van der Waals surface area contributed by atoms with E-state index in [1.807, 2.05) is 0 Å². The van der Waals surface area contributed by atoms with E-state index in [1.165, 1.54) is 18.3 Å². The lowest BCUT2D eigenvalue weighted by Crippen LogP contribution is -1.88. The summed E-state index contributed by atoms with van der Waals surface area (Å²) < 4.78 is 0. The van der Waals surface area contributed by atoms with Crippen molar-refractivity contribution in [2.45, 2.75) is 0 Å². The standard InChI is InChI=1S/C6H5N2O2/c1-5-4-6(8(9)10)2-3-7-5/h2-4H,1H2. The van der Waals surface area contributed by atoms with Crippen LogP contribution in [-0.4, -0.2) is 9.91 Å². The summed E-state index contributed by atoms with van der Waals surface area (Å²) in [5.74, 6) is 0. The predicted molar refractivity (Wildman–Crippen MR) is 35.4 cm³/mol. The zero-order chi connectivity index (χ0) is 7.56. The Morgan fingerprint density at radius 1 is 1.70 bits per heavy atom. The van der Waals surface area contributed by atoms with Crippen LogP contribution in [0.4, 0.5) is 5.69 Å². The van der Waals surface area contributed by atoms with E-state index in [9.17, 15) is 10.1 Å². The summed E-state index contributed by atoms with van der Waals surface area (Å²) in [5.41, 5.74) is 0.439. The van der Waals surface area contributed by atoms with Crippen molar-refractivity contribution in [2.75, 3.05) is 0 Å². The fraction of sp³-hybridized carbons (Fsp3) is 0. The van der Waals surface area contributed by atoms with Gasteiger partial charge in [-0.25, -0.2) is 0 Å². The van der Waals surface area contributed by atoms with Crippen molar-refractivity contribution in [3.63, 3.8) is 0 Å². The van der Waals surface area contributed by atoms with E-state index >= 15 is 0 Å². The predicted octanol–water partition coefficient (Wildman–Crippen LogP) is 1.17. The highest BCUT2D eigenvalue weighted by atomic mass is 16.6. The normalized spacial score (nSPS) is 9.30. The Kier molecular flexibility index (Phi) is 1.62. The van der Waals surface area contributed by atoms with Crippen molar-refractivity contribution in [3.05, 3.63) is 41.1 Å². The molecule has 0 atom stereocenters. The van der Waals surface area contributed by atoms with Crippen LogP contribution in [0.25, 0.3) is 0 Å². The molecule has 1 heterocycles. The molecular weight excluding hydrogens is 132 g/mol. The molecule has 0 saturated carbocycles. The molecule has 0 unspecified atom stereocenters. The smallest absolute Gasteiger partial charge is 0.261 e. The number of nitrogens with zero attached hydrogens (tertiary/aromatic N) is 2. The van der Waals surface area contributed by atoms with Crippen LogP contribution in [0, 0.1) is 17.0 Å². The lowest BCUT2D eigenvalue weighted by Gasteiger charge is -1.89. The van der Waals surface area contributed by atoms with Crippen LogP contribution in [0.2, 0.25) is 0 Å². The Bertz CT molecular complexity index is 260. The summed E-state index contributed by atoms with van der Waals surface area (Å²) in [6.45, 7) is 3.45. The maximum Gasteiger partial charge on any atom is 0.272 e. The molecule has 4 heteroatoms. The quantitative estimate of drug-likeness (QED) is 0.431. The van der Waals surface area contributed by atoms with Crippen LogP contribution in [-0.2, 0) is 0 Å². The molecule has 0 saturated heterocycles. The van der Waals surface area contributed by atoms with E-state index in [4.69, 9.17) is 0 Å². The van der Waals surface area contributed by atoms with Gasteiger partial charge in [0.25, 0.3) is 5.69 Å². The largest absolute Gasteiger partial charge is 0.272 e. The Hall–Kier alpha value is -1.45. The highest BCUT2D eigenvalue weighted by Gasteiger charge is 2.02. The minimum Gasteiger partial charge on any atom is -0.261 e. The number of aromatic nitrogens is 1. The van der Waals surface area contributed by atoms with Gasteiger partial charge in [-0.1, -0.05) is 0 Å². The average molecular weight is 137 g/mol. The number of pyridine rings is 1. The molecule has 0 aliphatic rings. The number of nitro groups is 1. The highest BCUT2D eigenvalue weighted by Crippen LogP contribution is 2.08. The van der Waals surface area contributed by atoms with Crippen molar-refractivity contribution in [3.8, 4) is 0 Å². The van der Waals surface area contributed by atoms with Gasteiger partial charge in [0.05, 0.1) is 4.92 Å². The number of rotatable bonds is 1. The molecule has 1 aromatic heterocycles. The first-order chi connectivity index (χ1) is 4.70. The number of hydrogen-bond acceptors (Lipinski definition) is 3. The minimum atomic E-state index is -0.476. The molecule has 4 nitrogen and oxygen atoms in total. The SMILES string of the molecule is [CH2]c1cc([N+](=O)[O-])ccn1. The van der Waals surface area contributed by atoms with Gasteiger partial charge in [0.15, 0.2) is 0 Å². The van der Waals surface area contributed by atoms with Crippen LogP contribution in [0.3, 0.4) is 0 Å². The molecule has 0 fully saturated rings. The van der Waals surface area contributed by atoms with Crippen LogP contribution in [0.5, 0.6) is 0 Å². The molecule has 1 radical (unpaired) electrons. The van der Waals surface area contributed by atoms with Gasteiger partial charge in [-0.2, -0.15) is 0 Å². The summed E-state index contributed by atoms with van der Waals surface area (Å²) >= 11 is 0. The van der Waals surface area contributed by atoms with Gasteiger partial charge >= 0.3 is 0 Å². The van der Waals surface area contributed by atoms with E-state index in [1.54, 1.807) is 0 Å². The molecule has 0 amide bonds. The molecule has 0 N–H and O–H groups in total. The van der Waals surface area contributed by atoms with Gasteiger partial charge in [0.2, 0.25) is 0 Å². The van der Waals surface area contributed by atoms with E-state index in [0.717, 1.165) is 0 Å². The van der Waals surface area contributed by atoms with Gasteiger partial charge in [0.1, 0.15) is 0 Å². The van der Waals surface area contributed by atoms with Crippen molar-refractivity contribution in [2.24, 2.45) is 0 Å². The van der Waals surface area contributed by atoms with Gasteiger partial charge in [-0.15, -0.1) is 0 Å². The van der Waals surface area contributed by atoms with Gasteiger partial charge in [-0.3, -0.25) is 15.1 Å². The molecule has 0 spiro atoms.